The number of hydrogen-bond acceptors (Lipinski definition) is 3. The molecule has 0 bridgehead atoms. The zero-order chi connectivity index (χ0) is 8.85. The van der Waals surface area contributed by atoms with Crippen molar-refractivity contribution in [2.45, 2.75) is 0 Å². The summed E-state index contributed by atoms with van der Waals surface area (Å²) in [6, 6.07) is 0. The maximum Gasteiger partial charge on any atom is 0.268 e. The first-order chi connectivity index (χ1) is 5.11. The average molecular weight is 156 g/mol. The Hall–Kier alpha value is -1.62. The Kier molecular flexibility index (Phi) is 3.61. The lowest BCUT2D eigenvalue weighted by Crippen LogP contribution is -2.19. The van der Waals surface area contributed by atoms with Gasteiger partial charge in [-0.15, -0.1) is 0 Å². The van der Waals surface area contributed by atoms with E-state index in [9.17, 15) is 9.59 Å². The molecule has 0 fully saturated rings. The van der Waals surface area contributed by atoms with Crippen molar-refractivity contribution in [2.24, 2.45) is 5.73 Å². The van der Waals surface area contributed by atoms with Crippen LogP contribution in [0.15, 0.2) is 24.3 Å². The van der Waals surface area contributed by atoms with E-state index in [0.29, 0.717) is 0 Å². The Morgan fingerprint density at radius 1 is 1.55 bits per heavy atom. The van der Waals surface area contributed by atoms with Gasteiger partial charge in [-0.05, 0) is 0 Å². The van der Waals surface area contributed by atoms with Gasteiger partial charge in [-0.3, -0.25) is 14.8 Å². The average Bonchev–Trinajstić information content (AvgIpc) is 1.99. The summed E-state index contributed by atoms with van der Waals surface area (Å²) in [6.07, 6.45) is 1.97. The number of nitrogens with two attached hydrogens (primary N) is 1. The van der Waals surface area contributed by atoms with Crippen LogP contribution in [0, 0.1) is 0 Å². The van der Waals surface area contributed by atoms with Crippen LogP contribution in [0.5, 0.6) is 0 Å². The van der Waals surface area contributed by atoms with Crippen LogP contribution >= 0.6 is 0 Å². The van der Waals surface area contributed by atoms with Crippen molar-refractivity contribution in [3.8, 4) is 0 Å². The van der Waals surface area contributed by atoms with E-state index < -0.39 is 11.8 Å². The van der Waals surface area contributed by atoms with E-state index in [1.165, 1.54) is 5.48 Å². The molecular formula is C6H8N2O3. The summed E-state index contributed by atoms with van der Waals surface area (Å²) in [6.45, 7) is 3.24. The van der Waals surface area contributed by atoms with Gasteiger partial charge in [0.15, 0.2) is 0 Å². The fourth-order valence-corrected chi connectivity index (χ4v) is 0.404. The van der Waals surface area contributed by atoms with Crippen molar-refractivity contribution in [3.05, 3.63) is 24.3 Å². The number of carbonyl (C=O) groups excluding carboxylic acids is 2. The number of rotatable bonds is 3. The first-order valence-electron chi connectivity index (χ1n) is 2.69. The first kappa shape index (κ1) is 9.38. The van der Waals surface area contributed by atoms with Gasteiger partial charge in [0, 0.05) is 11.6 Å². The highest BCUT2D eigenvalue weighted by atomic mass is 16.5. The molecule has 0 aromatic rings. The van der Waals surface area contributed by atoms with Crippen molar-refractivity contribution in [1.29, 1.82) is 0 Å². The Balaban J connectivity index is 4.48. The number of hydroxylamine groups is 1. The molecule has 0 aromatic carbocycles. The van der Waals surface area contributed by atoms with Crippen molar-refractivity contribution >= 4 is 11.8 Å². The Morgan fingerprint density at radius 3 is 2.36 bits per heavy atom. The third-order valence-electron chi connectivity index (χ3n) is 0.901. The van der Waals surface area contributed by atoms with E-state index in [1.807, 2.05) is 0 Å². The summed E-state index contributed by atoms with van der Waals surface area (Å²) in [4.78, 5) is 20.8. The number of amides is 2. The summed E-state index contributed by atoms with van der Waals surface area (Å²) in [5.74, 6) is -1.60. The minimum atomic E-state index is -0.821. The molecule has 11 heavy (non-hydrogen) atoms. The number of nitrogens with one attached hydrogen (secondary N) is 1. The van der Waals surface area contributed by atoms with Crippen molar-refractivity contribution in [1.82, 2.24) is 5.48 Å². The zero-order valence-electron chi connectivity index (χ0n) is 5.70. The van der Waals surface area contributed by atoms with Crippen LogP contribution in [-0.2, 0) is 9.59 Å². The van der Waals surface area contributed by atoms with Gasteiger partial charge in [-0.1, -0.05) is 12.7 Å². The van der Waals surface area contributed by atoms with E-state index in [2.05, 4.69) is 6.58 Å². The molecule has 0 aliphatic rings. The molecule has 0 heterocycles. The van der Waals surface area contributed by atoms with Crippen molar-refractivity contribution in [2.75, 3.05) is 0 Å². The van der Waals surface area contributed by atoms with Gasteiger partial charge >= 0.3 is 0 Å². The van der Waals surface area contributed by atoms with Crippen LogP contribution in [0.1, 0.15) is 0 Å². The highest BCUT2D eigenvalue weighted by molar-refractivity contribution is 6.01. The van der Waals surface area contributed by atoms with Gasteiger partial charge in [0.2, 0.25) is 5.91 Å². The van der Waals surface area contributed by atoms with Crippen molar-refractivity contribution < 1.29 is 14.8 Å². The molecule has 0 aliphatic heterocycles. The number of primary amides is 1. The van der Waals surface area contributed by atoms with E-state index in [0.717, 1.165) is 12.2 Å². The largest absolute Gasteiger partial charge is 0.366 e. The number of carbonyl (C=O) groups is 2. The molecule has 0 rings (SSSR count). The maximum atomic E-state index is 10.4. The maximum absolute atomic E-state index is 10.4. The molecule has 0 unspecified atom stereocenters. The summed E-state index contributed by atoms with van der Waals surface area (Å²) in [5.41, 5.74) is 6.07. The smallest absolute Gasteiger partial charge is 0.268 e. The molecule has 4 N–H and O–H groups in total. The second-order valence-corrected chi connectivity index (χ2v) is 1.64. The van der Waals surface area contributed by atoms with E-state index in [1.54, 1.807) is 0 Å². The van der Waals surface area contributed by atoms with Crippen molar-refractivity contribution in [3.63, 3.8) is 0 Å². The van der Waals surface area contributed by atoms with Gasteiger partial charge in [0.1, 0.15) is 0 Å². The minimum absolute atomic E-state index is 0.0587. The predicted molar refractivity (Wildman–Crippen MR) is 37.4 cm³/mol. The molecular weight excluding hydrogens is 148 g/mol. The molecule has 5 nitrogen and oxygen atoms in total. The highest BCUT2D eigenvalue weighted by Gasteiger charge is 2.01. The van der Waals surface area contributed by atoms with Crippen LogP contribution in [0.2, 0.25) is 0 Å². The Labute approximate surface area is 63.1 Å². The lowest BCUT2D eigenvalue weighted by Gasteiger charge is -1.93. The molecule has 60 valence electrons. The second kappa shape index (κ2) is 4.24. The van der Waals surface area contributed by atoms with E-state index >= 15 is 0 Å². The lowest BCUT2D eigenvalue weighted by atomic mass is 10.2. The quantitative estimate of drug-likeness (QED) is 0.214. The van der Waals surface area contributed by atoms with Crippen LogP contribution in [0.3, 0.4) is 0 Å². The molecule has 0 aromatic heterocycles. The summed E-state index contributed by atoms with van der Waals surface area (Å²) in [7, 11) is 0. The highest BCUT2D eigenvalue weighted by Crippen LogP contribution is 1.92. The van der Waals surface area contributed by atoms with Crippen LogP contribution in [0.4, 0.5) is 0 Å². The fraction of sp³-hybridized carbons (Fsp3) is 0. The van der Waals surface area contributed by atoms with Gasteiger partial charge in [0.25, 0.3) is 5.91 Å². The van der Waals surface area contributed by atoms with Gasteiger partial charge in [-0.25, -0.2) is 5.48 Å². The topological polar surface area (TPSA) is 92.4 Å². The van der Waals surface area contributed by atoms with Gasteiger partial charge in [0.05, 0.1) is 0 Å². The SMILES string of the molecule is C=C/C(=C/C(=O)NO)C(N)=O. The molecule has 0 saturated carbocycles. The minimum Gasteiger partial charge on any atom is -0.366 e. The Morgan fingerprint density at radius 2 is 2.09 bits per heavy atom. The second-order valence-electron chi connectivity index (χ2n) is 1.64. The normalized spacial score (nSPS) is 10.5. The molecule has 0 saturated heterocycles. The monoisotopic (exact) mass is 156 g/mol. The van der Waals surface area contributed by atoms with Gasteiger partial charge in [-0.2, -0.15) is 0 Å². The summed E-state index contributed by atoms with van der Waals surface area (Å²) < 4.78 is 0. The molecule has 0 atom stereocenters. The summed E-state index contributed by atoms with van der Waals surface area (Å²) >= 11 is 0. The standard InChI is InChI=1S/C6H8N2O3/c1-2-4(6(7)10)3-5(9)8-11/h2-3,11H,1H2,(H2,7,10)(H,8,9)/b4-3-. The van der Waals surface area contributed by atoms with E-state index in [-0.39, 0.29) is 5.57 Å². The fourth-order valence-electron chi connectivity index (χ4n) is 0.404. The van der Waals surface area contributed by atoms with Crippen LogP contribution in [0.25, 0.3) is 0 Å². The third-order valence-corrected chi connectivity index (χ3v) is 0.901. The number of hydrogen-bond donors (Lipinski definition) is 3. The first-order valence-corrected chi connectivity index (χ1v) is 2.69. The summed E-state index contributed by atoms with van der Waals surface area (Å²) in [5, 5.41) is 8.03. The van der Waals surface area contributed by atoms with Crippen LogP contribution < -0.4 is 11.2 Å². The van der Waals surface area contributed by atoms with E-state index in [4.69, 9.17) is 10.9 Å². The lowest BCUT2D eigenvalue weighted by molar-refractivity contribution is -0.124. The van der Waals surface area contributed by atoms with Crippen LogP contribution in [-0.4, -0.2) is 17.0 Å². The third kappa shape index (κ3) is 3.17. The predicted octanol–water partition coefficient (Wildman–Crippen LogP) is -0.911. The Bertz CT molecular complexity index is 220. The molecule has 0 radical (unpaired) electrons. The molecule has 5 heteroatoms. The molecule has 0 spiro atoms. The van der Waals surface area contributed by atoms with Gasteiger partial charge < -0.3 is 5.73 Å². The molecule has 0 aliphatic carbocycles. The molecule has 2 amide bonds. The zero-order valence-corrected chi connectivity index (χ0v) is 5.70.